The summed E-state index contributed by atoms with van der Waals surface area (Å²) in [6.07, 6.45) is 16.8. The van der Waals surface area contributed by atoms with Gasteiger partial charge in [0.15, 0.2) is 0 Å². The second kappa shape index (κ2) is 20.2. The zero-order chi connectivity index (χ0) is 25.0. The molecule has 1 rings (SSSR count). The van der Waals surface area contributed by atoms with E-state index < -0.39 is 0 Å². The van der Waals surface area contributed by atoms with E-state index >= 15 is 0 Å². The third-order valence-corrected chi connectivity index (χ3v) is 4.55. The van der Waals surface area contributed by atoms with Crippen LogP contribution in [-0.4, -0.2) is 6.10 Å². The molecule has 0 spiro atoms. The molecular formula is C30H54O. The first-order valence-electron chi connectivity index (χ1n) is 12.4. The number of allylic oxidation sites excluding steroid dienone is 10. The molecule has 1 nitrogen and oxygen atoms in total. The van der Waals surface area contributed by atoms with Gasteiger partial charge in [0.2, 0.25) is 0 Å². The first kappa shape index (κ1) is 33.9. The monoisotopic (exact) mass is 430 g/mol. The molecule has 0 aromatic heterocycles. The van der Waals surface area contributed by atoms with Gasteiger partial charge in [-0.15, -0.1) is 0 Å². The van der Waals surface area contributed by atoms with E-state index in [0.717, 1.165) is 5.57 Å². The van der Waals surface area contributed by atoms with E-state index in [9.17, 15) is 0 Å². The Morgan fingerprint density at radius 1 is 0.968 bits per heavy atom. The molecule has 0 unspecified atom stereocenters. The molecule has 0 saturated carbocycles. The third-order valence-electron chi connectivity index (χ3n) is 4.55. The Labute approximate surface area is 196 Å². The second-order valence-electron chi connectivity index (χ2n) is 8.06. The Hall–Kier alpha value is -1.76. The molecule has 0 aromatic rings. The fraction of sp³-hybridized carbons (Fsp3) is 0.600. The molecule has 0 atom stereocenters. The largest absolute Gasteiger partial charge is 0.492 e. The Morgan fingerprint density at radius 2 is 1.52 bits per heavy atom. The van der Waals surface area contributed by atoms with Crippen molar-refractivity contribution >= 4 is 0 Å². The van der Waals surface area contributed by atoms with Crippen LogP contribution in [0.15, 0.2) is 71.1 Å². The van der Waals surface area contributed by atoms with Gasteiger partial charge in [-0.2, -0.15) is 0 Å². The van der Waals surface area contributed by atoms with Gasteiger partial charge in [0.1, 0.15) is 5.76 Å². The van der Waals surface area contributed by atoms with Gasteiger partial charge >= 0.3 is 0 Å². The summed E-state index contributed by atoms with van der Waals surface area (Å²) in [6.45, 7) is 31.1. The van der Waals surface area contributed by atoms with Crippen LogP contribution in [0.5, 0.6) is 0 Å². The predicted octanol–water partition coefficient (Wildman–Crippen LogP) is 10.5. The number of hydrogen-bond acceptors (Lipinski definition) is 1. The maximum absolute atomic E-state index is 5.55. The highest BCUT2D eigenvalue weighted by Gasteiger charge is 2.26. The normalized spacial score (nSPS) is 16.2. The number of rotatable bonds is 7. The molecule has 0 aromatic carbocycles. The van der Waals surface area contributed by atoms with E-state index in [2.05, 4.69) is 71.6 Å². The quantitative estimate of drug-likeness (QED) is 0.288. The second-order valence-corrected chi connectivity index (χ2v) is 8.06. The molecule has 0 N–H and O–H groups in total. The van der Waals surface area contributed by atoms with Crippen LogP contribution in [0.1, 0.15) is 109 Å². The van der Waals surface area contributed by atoms with Crippen molar-refractivity contribution in [3.8, 4) is 0 Å². The van der Waals surface area contributed by atoms with Crippen molar-refractivity contribution < 1.29 is 4.74 Å². The minimum Gasteiger partial charge on any atom is -0.492 e. The summed E-state index contributed by atoms with van der Waals surface area (Å²) in [5, 5.41) is 0. The Kier molecular flexibility index (Phi) is 22.0. The summed E-state index contributed by atoms with van der Waals surface area (Å²) < 4.78 is 5.55. The summed E-state index contributed by atoms with van der Waals surface area (Å²) >= 11 is 0. The van der Waals surface area contributed by atoms with Crippen LogP contribution in [0.3, 0.4) is 0 Å². The summed E-state index contributed by atoms with van der Waals surface area (Å²) in [7, 11) is 0. The smallest absolute Gasteiger partial charge is 0.112 e. The van der Waals surface area contributed by atoms with Gasteiger partial charge in [-0.05, 0) is 76.5 Å². The molecule has 0 bridgehead atoms. The molecule has 31 heavy (non-hydrogen) atoms. The molecule has 180 valence electrons. The van der Waals surface area contributed by atoms with Gasteiger partial charge in [-0.1, -0.05) is 103 Å². The summed E-state index contributed by atoms with van der Waals surface area (Å²) in [4.78, 5) is 0. The average molecular weight is 431 g/mol. The van der Waals surface area contributed by atoms with Crippen molar-refractivity contribution in [2.24, 2.45) is 5.41 Å². The number of hydrogen-bond donors (Lipinski definition) is 0. The van der Waals surface area contributed by atoms with E-state index in [1.807, 2.05) is 61.5 Å². The third kappa shape index (κ3) is 16.6. The van der Waals surface area contributed by atoms with Gasteiger partial charge < -0.3 is 4.74 Å². The van der Waals surface area contributed by atoms with Gasteiger partial charge in [-0.3, -0.25) is 0 Å². The summed E-state index contributed by atoms with van der Waals surface area (Å²) in [5.74, 6) is 0.708. The van der Waals surface area contributed by atoms with Crippen molar-refractivity contribution in [2.45, 2.75) is 115 Å². The van der Waals surface area contributed by atoms with Gasteiger partial charge in [-0.25, -0.2) is 0 Å². The van der Waals surface area contributed by atoms with Crippen LogP contribution in [-0.2, 0) is 4.74 Å². The van der Waals surface area contributed by atoms with E-state index in [0.29, 0.717) is 11.2 Å². The first-order chi connectivity index (χ1) is 14.6. The first-order valence-corrected chi connectivity index (χ1v) is 12.4. The lowest BCUT2D eigenvalue weighted by Gasteiger charge is -2.32. The molecule has 0 radical (unpaired) electrons. The van der Waals surface area contributed by atoms with Crippen molar-refractivity contribution in [3.05, 3.63) is 71.1 Å². The minimum absolute atomic E-state index is 0.162. The zero-order valence-corrected chi connectivity index (χ0v) is 23.3. The maximum atomic E-state index is 5.55. The van der Waals surface area contributed by atoms with Crippen molar-refractivity contribution in [1.29, 1.82) is 0 Å². The minimum atomic E-state index is 0.162. The molecule has 1 heteroatoms. The number of ether oxygens (including phenoxy) is 1. The zero-order valence-electron chi connectivity index (χ0n) is 23.3. The van der Waals surface area contributed by atoms with Crippen molar-refractivity contribution in [2.75, 3.05) is 0 Å². The lowest BCUT2D eigenvalue weighted by molar-refractivity contribution is 0.159. The van der Waals surface area contributed by atoms with Crippen LogP contribution >= 0.6 is 0 Å². The molecule has 0 saturated heterocycles. The Bertz CT molecular complexity index is 619. The molecule has 0 amide bonds. The molecule has 0 heterocycles. The van der Waals surface area contributed by atoms with E-state index in [4.69, 9.17) is 4.74 Å². The maximum Gasteiger partial charge on any atom is 0.112 e. The standard InChI is InChI=1S/C24H36O.3C2H6/c1-18(2)25-22(6)17-20(4)12-9-11-19(3)14-15-23-21(5)13-10-16-24(23,7)8;3*1-2/h9,11-12,14-15,17-18H,6,10,13,16H2,1-5,7-8H3;3*1-2H3/b12-9+,15-14+,19-11+,20-17+;;;. The lowest BCUT2D eigenvalue weighted by Crippen LogP contribution is -2.19. The van der Waals surface area contributed by atoms with Crippen LogP contribution in [0, 0.1) is 5.41 Å². The van der Waals surface area contributed by atoms with Crippen LogP contribution in [0.2, 0.25) is 0 Å². The van der Waals surface area contributed by atoms with Gasteiger partial charge in [0.25, 0.3) is 0 Å². The topological polar surface area (TPSA) is 9.23 Å². The van der Waals surface area contributed by atoms with E-state index in [1.54, 1.807) is 5.57 Å². The highest BCUT2D eigenvalue weighted by molar-refractivity contribution is 5.37. The summed E-state index contributed by atoms with van der Waals surface area (Å²) in [5.41, 5.74) is 5.73. The van der Waals surface area contributed by atoms with Crippen molar-refractivity contribution in [1.82, 2.24) is 0 Å². The molecule has 1 aliphatic carbocycles. The summed E-state index contributed by atoms with van der Waals surface area (Å²) in [6, 6.07) is 0. The highest BCUT2D eigenvalue weighted by Crippen LogP contribution is 2.40. The van der Waals surface area contributed by atoms with E-state index in [-0.39, 0.29) is 6.10 Å². The molecule has 0 aliphatic heterocycles. The van der Waals surface area contributed by atoms with Crippen molar-refractivity contribution in [3.63, 3.8) is 0 Å². The van der Waals surface area contributed by atoms with Crippen LogP contribution < -0.4 is 0 Å². The molecule has 0 fully saturated rings. The SMILES string of the molecule is C=C(/C=C(C)/C=C/C=C(C)/C=C/C1=C(C)CCCC1(C)C)OC(C)C.CC.CC.CC. The fourth-order valence-electron chi connectivity index (χ4n) is 3.27. The van der Waals surface area contributed by atoms with E-state index in [1.165, 1.54) is 30.4 Å². The fourth-order valence-corrected chi connectivity index (χ4v) is 3.27. The predicted molar refractivity (Wildman–Crippen MR) is 146 cm³/mol. The average Bonchev–Trinajstić information content (AvgIpc) is 2.71. The highest BCUT2D eigenvalue weighted by atomic mass is 16.5. The Balaban J connectivity index is -0.00000120. The van der Waals surface area contributed by atoms with Crippen LogP contribution in [0.4, 0.5) is 0 Å². The van der Waals surface area contributed by atoms with Gasteiger partial charge in [0, 0.05) is 0 Å². The van der Waals surface area contributed by atoms with Crippen LogP contribution in [0.25, 0.3) is 0 Å². The van der Waals surface area contributed by atoms with Gasteiger partial charge in [0.05, 0.1) is 6.10 Å². The lowest BCUT2D eigenvalue weighted by atomic mass is 9.72. The molecule has 1 aliphatic rings. The molecular weight excluding hydrogens is 376 g/mol. The Morgan fingerprint density at radius 3 is 2.00 bits per heavy atom.